The lowest BCUT2D eigenvalue weighted by molar-refractivity contribution is -0.119. The summed E-state index contributed by atoms with van der Waals surface area (Å²) in [6.07, 6.45) is -4.89. The fourth-order valence-electron chi connectivity index (χ4n) is 1.45. The number of halogens is 4. The standard InChI is InChI=1S/C11H13BrF3NO/c1-7(17)9-4-3-8(5-10(9)12)16(2)6-11(13,14)15/h3-5,7,17H,6H2,1-2H3/t7-/m1/s1. The molecule has 0 aliphatic rings. The number of nitrogens with zero attached hydrogens (tertiary/aromatic N) is 1. The Balaban J connectivity index is 2.90. The molecule has 17 heavy (non-hydrogen) atoms. The Bertz CT molecular complexity index is 393. The molecule has 6 heteroatoms. The molecule has 0 aliphatic carbocycles. The van der Waals surface area contributed by atoms with Crippen LogP contribution in [0.4, 0.5) is 18.9 Å². The maximum absolute atomic E-state index is 12.2. The SMILES string of the molecule is C[C@@H](O)c1ccc(N(C)CC(F)(F)F)cc1Br. The van der Waals surface area contributed by atoms with Gasteiger partial charge in [0.1, 0.15) is 6.54 Å². The summed E-state index contributed by atoms with van der Waals surface area (Å²) in [4.78, 5) is 1.11. The minimum Gasteiger partial charge on any atom is -0.389 e. The van der Waals surface area contributed by atoms with Crippen LogP contribution in [0.25, 0.3) is 0 Å². The second kappa shape index (κ2) is 5.27. The lowest BCUT2D eigenvalue weighted by Crippen LogP contribution is -2.30. The molecular weight excluding hydrogens is 299 g/mol. The normalized spacial score (nSPS) is 13.6. The summed E-state index contributed by atoms with van der Waals surface area (Å²) in [7, 11) is 1.37. The highest BCUT2D eigenvalue weighted by Crippen LogP contribution is 2.29. The van der Waals surface area contributed by atoms with E-state index in [9.17, 15) is 18.3 Å². The second-order valence-corrected chi connectivity index (χ2v) is 4.71. The summed E-state index contributed by atoms with van der Waals surface area (Å²) in [6.45, 7) is 0.590. The predicted octanol–water partition coefficient (Wildman–Crippen LogP) is 3.50. The van der Waals surface area contributed by atoms with E-state index >= 15 is 0 Å². The molecule has 1 aromatic carbocycles. The molecule has 1 atom stereocenters. The summed E-state index contributed by atoms with van der Waals surface area (Å²) in [5.74, 6) is 0. The van der Waals surface area contributed by atoms with Gasteiger partial charge in [-0.25, -0.2) is 0 Å². The third-order valence-electron chi connectivity index (χ3n) is 2.29. The van der Waals surface area contributed by atoms with Gasteiger partial charge in [0.25, 0.3) is 0 Å². The van der Waals surface area contributed by atoms with Gasteiger partial charge in [-0.05, 0) is 24.6 Å². The van der Waals surface area contributed by atoms with Crippen molar-refractivity contribution in [3.8, 4) is 0 Å². The number of aliphatic hydroxyl groups is 1. The molecule has 1 N–H and O–H groups in total. The van der Waals surface area contributed by atoms with E-state index in [1.54, 1.807) is 25.1 Å². The fraction of sp³-hybridized carbons (Fsp3) is 0.455. The number of hydrogen-bond acceptors (Lipinski definition) is 2. The van der Waals surface area contributed by atoms with Crippen LogP contribution in [0, 0.1) is 0 Å². The van der Waals surface area contributed by atoms with Gasteiger partial charge >= 0.3 is 6.18 Å². The van der Waals surface area contributed by atoms with Crippen LogP contribution in [-0.4, -0.2) is 24.9 Å². The summed E-state index contributed by atoms with van der Waals surface area (Å²) in [5, 5.41) is 9.40. The molecular formula is C11H13BrF3NO. The van der Waals surface area contributed by atoms with Gasteiger partial charge in [-0.15, -0.1) is 0 Å². The Morgan fingerprint density at radius 3 is 2.41 bits per heavy atom. The molecule has 0 fully saturated rings. The highest BCUT2D eigenvalue weighted by Gasteiger charge is 2.29. The van der Waals surface area contributed by atoms with Gasteiger partial charge in [-0.2, -0.15) is 13.2 Å². The molecule has 0 saturated heterocycles. The molecule has 0 unspecified atom stereocenters. The zero-order valence-corrected chi connectivity index (χ0v) is 11.0. The van der Waals surface area contributed by atoms with Crippen LogP contribution in [0.3, 0.4) is 0 Å². The highest BCUT2D eigenvalue weighted by molar-refractivity contribution is 9.10. The first-order valence-electron chi connectivity index (χ1n) is 4.96. The number of hydrogen-bond donors (Lipinski definition) is 1. The number of benzene rings is 1. The number of alkyl halides is 3. The second-order valence-electron chi connectivity index (χ2n) is 3.85. The average Bonchev–Trinajstić information content (AvgIpc) is 2.14. The molecule has 0 saturated carbocycles. The molecule has 1 rings (SSSR count). The van der Waals surface area contributed by atoms with Crippen LogP contribution in [0.5, 0.6) is 0 Å². The molecule has 0 heterocycles. The third-order valence-corrected chi connectivity index (χ3v) is 2.98. The molecule has 1 aromatic rings. The van der Waals surface area contributed by atoms with Gasteiger partial charge in [0.05, 0.1) is 6.10 Å². The summed E-state index contributed by atoms with van der Waals surface area (Å²) in [6, 6.07) is 4.73. The van der Waals surface area contributed by atoms with Crippen molar-refractivity contribution in [2.24, 2.45) is 0 Å². The van der Waals surface area contributed by atoms with Crippen molar-refractivity contribution < 1.29 is 18.3 Å². The topological polar surface area (TPSA) is 23.5 Å². The third kappa shape index (κ3) is 4.20. The first-order chi connectivity index (χ1) is 7.70. The van der Waals surface area contributed by atoms with Crippen molar-refractivity contribution in [1.29, 1.82) is 0 Å². The van der Waals surface area contributed by atoms with Gasteiger partial charge in [0.15, 0.2) is 0 Å². The first-order valence-corrected chi connectivity index (χ1v) is 5.75. The van der Waals surface area contributed by atoms with Gasteiger partial charge in [0, 0.05) is 17.2 Å². The van der Waals surface area contributed by atoms with Crippen molar-refractivity contribution in [3.05, 3.63) is 28.2 Å². The average molecular weight is 312 g/mol. The zero-order chi connectivity index (χ0) is 13.2. The monoisotopic (exact) mass is 311 g/mol. The van der Waals surface area contributed by atoms with E-state index in [0.717, 1.165) is 4.90 Å². The minimum absolute atomic E-state index is 0.443. The zero-order valence-electron chi connectivity index (χ0n) is 9.42. The van der Waals surface area contributed by atoms with Gasteiger partial charge < -0.3 is 10.0 Å². The highest BCUT2D eigenvalue weighted by atomic mass is 79.9. The quantitative estimate of drug-likeness (QED) is 0.923. The van der Waals surface area contributed by atoms with Crippen molar-refractivity contribution >= 4 is 21.6 Å². The molecule has 0 amide bonds. The lowest BCUT2D eigenvalue weighted by Gasteiger charge is -2.22. The van der Waals surface area contributed by atoms with E-state index in [1.165, 1.54) is 7.05 Å². The summed E-state index contributed by atoms with van der Waals surface area (Å²) < 4.78 is 37.2. The smallest absolute Gasteiger partial charge is 0.389 e. The van der Waals surface area contributed by atoms with Crippen molar-refractivity contribution in [2.75, 3.05) is 18.5 Å². The Hall–Kier alpha value is -0.750. The summed E-state index contributed by atoms with van der Waals surface area (Å²) >= 11 is 3.23. The Labute approximate surface area is 106 Å². The molecule has 96 valence electrons. The number of aliphatic hydroxyl groups excluding tert-OH is 1. The van der Waals surface area contributed by atoms with Gasteiger partial charge in [-0.3, -0.25) is 0 Å². The van der Waals surface area contributed by atoms with Crippen LogP contribution in [-0.2, 0) is 0 Å². The van der Waals surface area contributed by atoms with E-state index in [2.05, 4.69) is 15.9 Å². The molecule has 2 nitrogen and oxygen atoms in total. The van der Waals surface area contributed by atoms with Gasteiger partial charge in [0.2, 0.25) is 0 Å². The number of rotatable bonds is 3. The molecule has 0 aliphatic heterocycles. The van der Waals surface area contributed by atoms with Crippen LogP contribution in [0.1, 0.15) is 18.6 Å². The van der Waals surface area contributed by atoms with E-state index in [4.69, 9.17) is 0 Å². The van der Waals surface area contributed by atoms with Crippen LogP contribution in [0.15, 0.2) is 22.7 Å². The van der Waals surface area contributed by atoms with Crippen LogP contribution >= 0.6 is 15.9 Å². The van der Waals surface area contributed by atoms with Gasteiger partial charge in [-0.1, -0.05) is 22.0 Å². The molecule has 0 bridgehead atoms. The summed E-state index contributed by atoms with van der Waals surface area (Å²) in [5.41, 5.74) is 1.09. The molecule has 0 aromatic heterocycles. The van der Waals surface area contributed by atoms with Crippen LogP contribution < -0.4 is 4.90 Å². The molecule has 0 spiro atoms. The Morgan fingerprint density at radius 1 is 1.41 bits per heavy atom. The lowest BCUT2D eigenvalue weighted by atomic mass is 10.1. The van der Waals surface area contributed by atoms with Crippen molar-refractivity contribution in [1.82, 2.24) is 0 Å². The maximum Gasteiger partial charge on any atom is 0.405 e. The van der Waals surface area contributed by atoms with Crippen LogP contribution in [0.2, 0.25) is 0 Å². The first kappa shape index (κ1) is 14.3. The van der Waals surface area contributed by atoms with E-state index < -0.39 is 18.8 Å². The minimum atomic E-state index is -4.23. The van der Waals surface area contributed by atoms with E-state index in [1.807, 2.05) is 0 Å². The Kier molecular flexibility index (Phi) is 4.43. The van der Waals surface area contributed by atoms with E-state index in [-0.39, 0.29) is 0 Å². The van der Waals surface area contributed by atoms with E-state index in [0.29, 0.717) is 15.7 Å². The molecule has 0 radical (unpaired) electrons. The van der Waals surface area contributed by atoms with Crippen molar-refractivity contribution in [3.63, 3.8) is 0 Å². The Morgan fingerprint density at radius 2 is 2.00 bits per heavy atom. The van der Waals surface area contributed by atoms with Crippen molar-refractivity contribution in [2.45, 2.75) is 19.2 Å². The maximum atomic E-state index is 12.2. The largest absolute Gasteiger partial charge is 0.405 e. The number of anilines is 1. The fourth-order valence-corrected chi connectivity index (χ4v) is 2.15. The predicted molar refractivity (Wildman–Crippen MR) is 64.1 cm³/mol.